The zero-order valence-corrected chi connectivity index (χ0v) is 17.6. The number of carbonyl (C=O) groups is 1. The second kappa shape index (κ2) is 9.88. The number of rotatable bonds is 9. The maximum absolute atomic E-state index is 12.6. The van der Waals surface area contributed by atoms with Gasteiger partial charge in [0, 0.05) is 42.8 Å². The minimum Gasteiger partial charge on any atom is -0.379 e. The summed E-state index contributed by atoms with van der Waals surface area (Å²) >= 11 is 6.05. The standard InChI is InChI=1S/C19H24ClN3O4S/c1-14(24)22-17-5-7-18(8-6-17)28(25,26)27-19-9-4-16(20)12-15(19)13-21-10-11-23(2)3/h4-9,12,21H,10-11,13H2,1-3H3,(H,22,24). The van der Waals surface area contributed by atoms with Gasteiger partial charge in [0.05, 0.1) is 0 Å². The molecule has 28 heavy (non-hydrogen) atoms. The van der Waals surface area contributed by atoms with E-state index in [1.165, 1.54) is 37.3 Å². The molecule has 0 atom stereocenters. The molecule has 152 valence electrons. The highest BCUT2D eigenvalue weighted by Crippen LogP contribution is 2.26. The second-order valence-electron chi connectivity index (χ2n) is 6.48. The Labute approximate surface area is 170 Å². The lowest BCUT2D eigenvalue weighted by Crippen LogP contribution is -2.26. The van der Waals surface area contributed by atoms with Crippen LogP contribution in [0.1, 0.15) is 12.5 Å². The average Bonchev–Trinajstić information content (AvgIpc) is 2.60. The zero-order chi connectivity index (χ0) is 20.7. The maximum atomic E-state index is 12.6. The second-order valence-corrected chi connectivity index (χ2v) is 8.46. The van der Waals surface area contributed by atoms with Crippen LogP contribution in [0.2, 0.25) is 5.02 Å². The molecule has 0 heterocycles. The first-order chi connectivity index (χ1) is 13.2. The molecule has 7 nitrogen and oxygen atoms in total. The summed E-state index contributed by atoms with van der Waals surface area (Å²) in [7, 11) is -0.0865. The Balaban J connectivity index is 2.15. The van der Waals surface area contributed by atoms with Crippen molar-refractivity contribution in [2.75, 3.05) is 32.5 Å². The van der Waals surface area contributed by atoms with Crippen molar-refractivity contribution in [3.05, 3.63) is 53.1 Å². The van der Waals surface area contributed by atoms with Crippen LogP contribution < -0.4 is 14.8 Å². The van der Waals surface area contributed by atoms with Crippen molar-refractivity contribution in [3.63, 3.8) is 0 Å². The third-order valence-electron chi connectivity index (χ3n) is 3.74. The van der Waals surface area contributed by atoms with Crippen molar-refractivity contribution in [1.82, 2.24) is 10.2 Å². The lowest BCUT2D eigenvalue weighted by atomic mass is 10.2. The predicted octanol–water partition coefficient (Wildman–Crippen LogP) is 2.72. The number of likely N-dealkylation sites (N-methyl/N-ethyl adjacent to an activating group) is 1. The van der Waals surface area contributed by atoms with Gasteiger partial charge in [-0.05, 0) is 56.6 Å². The number of benzene rings is 2. The van der Waals surface area contributed by atoms with Gasteiger partial charge in [-0.3, -0.25) is 4.79 Å². The van der Waals surface area contributed by atoms with Crippen molar-refractivity contribution in [3.8, 4) is 5.75 Å². The Morgan fingerprint density at radius 3 is 2.43 bits per heavy atom. The van der Waals surface area contributed by atoms with Gasteiger partial charge in [0.25, 0.3) is 0 Å². The molecule has 0 unspecified atom stereocenters. The van der Waals surface area contributed by atoms with E-state index >= 15 is 0 Å². The van der Waals surface area contributed by atoms with Gasteiger partial charge in [-0.25, -0.2) is 0 Å². The van der Waals surface area contributed by atoms with E-state index in [-0.39, 0.29) is 16.6 Å². The van der Waals surface area contributed by atoms with E-state index in [0.29, 0.717) is 22.8 Å². The summed E-state index contributed by atoms with van der Waals surface area (Å²) in [5.74, 6) is -0.0212. The molecule has 2 N–H and O–H groups in total. The lowest BCUT2D eigenvalue weighted by Gasteiger charge is -2.14. The van der Waals surface area contributed by atoms with Crippen molar-refractivity contribution >= 4 is 33.3 Å². The summed E-state index contributed by atoms with van der Waals surface area (Å²) in [5, 5.41) is 6.31. The van der Waals surface area contributed by atoms with E-state index in [1.807, 2.05) is 19.0 Å². The Morgan fingerprint density at radius 2 is 1.82 bits per heavy atom. The summed E-state index contributed by atoms with van der Waals surface area (Å²) < 4.78 is 30.6. The highest BCUT2D eigenvalue weighted by molar-refractivity contribution is 7.87. The highest BCUT2D eigenvalue weighted by Gasteiger charge is 2.19. The molecule has 0 fully saturated rings. The topological polar surface area (TPSA) is 87.7 Å². The maximum Gasteiger partial charge on any atom is 0.339 e. The molecule has 0 radical (unpaired) electrons. The summed E-state index contributed by atoms with van der Waals surface area (Å²) in [6.07, 6.45) is 0. The molecular weight excluding hydrogens is 402 g/mol. The van der Waals surface area contributed by atoms with E-state index in [9.17, 15) is 13.2 Å². The van der Waals surface area contributed by atoms with Gasteiger partial charge < -0.3 is 19.7 Å². The molecule has 0 saturated carbocycles. The minimum atomic E-state index is -4.03. The number of halogens is 1. The van der Waals surface area contributed by atoms with Crippen LogP contribution in [0.3, 0.4) is 0 Å². The SMILES string of the molecule is CC(=O)Nc1ccc(S(=O)(=O)Oc2ccc(Cl)cc2CNCCN(C)C)cc1. The van der Waals surface area contributed by atoms with E-state index in [1.54, 1.807) is 12.1 Å². The molecular formula is C19H24ClN3O4S. The fourth-order valence-electron chi connectivity index (χ4n) is 2.37. The molecule has 0 spiro atoms. The zero-order valence-electron chi connectivity index (χ0n) is 16.0. The quantitative estimate of drug-likeness (QED) is 0.474. The first-order valence-corrected chi connectivity index (χ1v) is 10.4. The Hall–Kier alpha value is -2.13. The van der Waals surface area contributed by atoms with Crippen molar-refractivity contribution < 1.29 is 17.4 Å². The van der Waals surface area contributed by atoms with E-state index < -0.39 is 10.1 Å². The van der Waals surface area contributed by atoms with Gasteiger partial charge in [-0.1, -0.05) is 11.6 Å². The molecule has 9 heteroatoms. The van der Waals surface area contributed by atoms with Gasteiger partial charge in [0.15, 0.2) is 0 Å². The average molecular weight is 426 g/mol. The summed E-state index contributed by atoms with van der Waals surface area (Å²) in [4.78, 5) is 13.1. The normalized spacial score (nSPS) is 11.5. The molecule has 0 aliphatic rings. The molecule has 1 amide bonds. The third kappa shape index (κ3) is 6.79. The van der Waals surface area contributed by atoms with Crippen LogP contribution in [0, 0.1) is 0 Å². The van der Waals surface area contributed by atoms with Gasteiger partial charge in [0.2, 0.25) is 5.91 Å². The Kier molecular flexibility index (Phi) is 7.82. The van der Waals surface area contributed by atoms with Crippen molar-refractivity contribution in [2.24, 2.45) is 0 Å². The molecule has 0 aliphatic carbocycles. The van der Waals surface area contributed by atoms with E-state index in [4.69, 9.17) is 15.8 Å². The number of carbonyl (C=O) groups excluding carboxylic acids is 1. The monoisotopic (exact) mass is 425 g/mol. The number of nitrogens with zero attached hydrogens (tertiary/aromatic N) is 1. The van der Waals surface area contributed by atoms with Crippen LogP contribution in [0.4, 0.5) is 5.69 Å². The molecule has 2 aromatic rings. The van der Waals surface area contributed by atoms with Crippen LogP contribution in [-0.4, -0.2) is 46.4 Å². The Morgan fingerprint density at radius 1 is 1.14 bits per heavy atom. The number of nitrogens with one attached hydrogen (secondary N) is 2. The molecule has 0 saturated heterocycles. The summed E-state index contributed by atoms with van der Waals surface area (Å²) in [5.41, 5.74) is 1.15. The van der Waals surface area contributed by atoms with Crippen molar-refractivity contribution in [1.29, 1.82) is 0 Å². The van der Waals surface area contributed by atoms with Crippen LogP contribution >= 0.6 is 11.6 Å². The van der Waals surface area contributed by atoms with Crippen LogP contribution in [-0.2, 0) is 21.5 Å². The van der Waals surface area contributed by atoms with E-state index in [0.717, 1.165) is 13.1 Å². The number of amides is 1. The lowest BCUT2D eigenvalue weighted by molar-refractivity contribution is -0.114. The van der Waals surface area contributed by atoms with Crippen LogP contribution in [0.15, 0.2) is 47.4 Å². The van der Waals surface area contributed by atoms with Crippen LogP contribution in [0.5, 0.6) is 5.75 Å². The first kappa shape index (κ1) is 22.2. The van der Waals surface area contributed by atoms with Crippen molar-refractivity contribution in [2.45, 2.75) is 18.4 Å². The number of hydrogen-bond donors (Lipinski definition) is 2. The number of anilines is 1. The van der Waals surface area contributed by atoms with Gasteiger partial charge >= 0.3 is 10.1 Å². The smallest absolute Gasteiger partial charge is 0.339 e. The highest BCUT2D eigenvalue weighted by atomic mass is 35.5. The predicted molar refractivity (Wildman–Crippen MR) is 110 cm³/mol. The molecule has 0 aromatic heterocycles. The Bertz CT molecular complexity index is 915. The van der Waals surface area contributed by atoms with Gasteiger partial charge in [-0.15, -0.1) is 0 Å². The largest absolute Gasteiger partial charge is 0.379 e. The minimum absolute atomic E-state index is 0.0110. The fraction of sp³-hybridized carbons (Fsp3) is 0.316. The fourth-order valence-corrected chi connectivity index (χ4v) is 3.53. The van der Waals surface area contributed by atoms with Gasteiger partial charge in [0.1, 0.15) is 10.6 Å². The molecule has 2 aromatic carbocycles. The number of hydrogen-bond acceptors (Lipinski definition) is 6. The molecule has 0 aliphatic heterocycles. The van der Waals surface area contributed by atoms with Crippen LogP contribution in [0.25, 0.3) is 0 Å². The summed E-state index contributed by atoms with van der Waals surface area (Å²) in [6, 6.07) is 10.6. The third-order valence-corrected chi connectivity index (χ3v) is 5.22. The summed E-state index contributed by atoms with van der Waals surface area (Å²) in [6.45, 7) is 3.37. The molecule has 0 bridgehead atoms. The first-order valence-electron chi connectivity index (χ1n) is 8.63. The van der Waals surface area contributed by atoms with Gasteiger partial charge in [-0.2, -0.15) is 8.42 Å². The van der Waals surface area contributed by atoms with E-state index in [2.05, 4.69) is 10.6 Å². The molecule has 2 rings (SSSR count).